The van der Waals surface area contributed by atoms with E-state index in [0.29, 0.717) is 12.5 Å². The second-order valence-electron chi connectivity index (χ2n) is 8.05. The topological polar surface area (TPSA) is 61.4 Å². The van der Waals surface area contributed by atoms with Crippen molar-refractivity contribution in [1.82, 2.24) is 20.4 Å². The summed E-state index contributed by atoms with van der Waals surface area (Å²) in [7, 11) is 1.77. The lowest BCUT2D eigenvalue weighted by Gasteiger charge is -2.33. The largest absolute Gasteiger partial charge is 0.383 e. The van der Waals surface area contributed by atoms with Crippen molar-refractivity contribution in [3.63, 3.8) is 0 Å². The van der Waals surface area contributed by atoms with Gasteiger partial charge in [0.25, 0.3) is 0 Å². The minimum absolute atomic E-state index is 0. The quantitative estimate of drug-likeness (QED) is 0.236. The molecular formula is C20H42IN5O2. The highest BCUT2D eigenvalue weighted by Crippen LogP contribution is 2.25. The Bertz CT molecular complexity index is 435. The SMILES string of the molecule is CCNC(=NCC1CN(CC(C)C)CCO1)NCCN(CCOC)C1CC1.I. The van der Waals surface area contributed by atoms with Gasteiger partial charge in [0.05, 0.1) is 25.9 Å². The average molecular weight is 511 g/mol. The van der Waals surface area contributed by atoms with Gasteiger partial charge < -0.3 is 20.1 Å². The van der Waals surface area contributed by atoms with Crippen LogP contribution in [-0.4, -0.2) is 101 Å². The van der Waals surface area contributed by atoms with Crippen LogP contribution in [0.2, 0.25) is 0 Å². The number of guanidine groups is 1. The van der Waals surface area contributed by atoms with Crippen molar-refractivity contribution in [2.24, 2.45) is 10.9 Å². The molecule has 1 aliphatic carbocycles. The van der Waals surface area contributed by atoms with E-state index < -0.39 is 0 Å². The molecule has 1 saturated heterocycles. The Balaban J connectivity index is 0.00000392. The number of aliphatic imine (C=N–C) groups is 1. The molecule has 1 saturated carbocycles. The van der Waals surface area contributed by atoms with E-state index in [4.69, 9.17) is 14.5 Å². The molecule has 0 amide bonds. The summed E-state index contributed by atoms with van der Waals surface area (Å²) in [5.41, 5.74) is 0. The first-order valence-corrected chi connectivity index (χ1v) is 10.7. The molecule has 0 aromatic heterocycles. The number of ether oxygens (including phenoxy) is 2. The lowest BCUT2D eigenvalue weighted by Crippen LogP contribution is -2.46. The zero-order chi connectivity index (χ0) is 19.5. The molecular weight excluding hydrogens is 469 g/mol. The van der Waals surface area contributed by atoms with Crippen molar-refractivity contribution >= 4 is 29.9 Å². The van der Waals surface area contributed by atoms with E-state index >= 15 is 0 Å². The minimum atomic E-state index is 0. The number of methoxy groups -OCH3 is 1. The van der Waals surface area contributed by atoms with Gasteiger partial charge in [-0.25, -0.2) is 0 Å². The van der Waals surface area contributed by atoms with Crippen LogP contribution < -0.4 is 10.6 Å². The molecule has 8 heteroatoms. The Morgan fingerprint density at radius 1 is 1.29 bits per heavy atom. The summed E-state index contributed by atoms with van der Waals surface area (Å²) in [5.74, 6) is 1.59. The van der Waals surface area contributed by atoms with Gasteiger partial charge in [0.1, 0.15) is 0 Å². The smallest absolute Gasteiger partial charge is 0.191 e. The highest BCUT2D eigenvalue weighted by molar-refractivity contribution is 14.0. The summed E-state index contributed by atoms with van der Waals surface area (Å²) >= 11 is 0. The molecule has 28 heavy (non-hydrogen) atoms. The van der Waals surface area contributed by atoms with Crippen LogP contribution in [0.1, 0.15) is 33.6 Å². The molecule has 7 nitrogen and oxygen atoms in total. The molecule has 1 aliphatic heterocycles. The van der Waals surface area contributed by atoms with Crippen LogP contribution >= 0.6 is 24.0 Å². The maximum Gasteiger partial charge on any atom is 0.191 e. The molecule has 1 heterocycles. The fraction of sp³-hybridized carbons (Fsp3) is 0.950. The normalized spacial score (nSPS) is 21.1. The maximum absolute atomic E-state index is 5.92. The maximum atomic E-state index is 5.92. The number of hydrogen-bond donors (Lipinski definition) is 2. The first-order chi connectivity index (χ1) is 13.1. The van der Waals surface area contributed by atoms with Crippen molar-refractivity contribution in [3.8, 4) is 0 Å². The van der Waals surface area contributed by atoms with Crippen molar-refractivity contribution in [2.45, 2.75) is 45.8 Å². The predicted octanol–water partition coefficient (Wildman–Crippen LogP) is 1.63. The Kier molecular flexibility index (Phi) is 13.6. The zero-order valence-corrected chi connectivity index (χ0v) is 20.6. The first kappa shape index (κ1) is 25.9. The van der Waals surface area contributed by atoms with E-state index in [1.54, 1.807) is 7.11 Å². The third-order valence-electron chi connectivity index (χ3n) is 4.98. The van der Waals surface area contributed by atoms with Gasteiger partial charge in [-0.1, -0.05) is 13.8 Å². The van der Waals surface area contributed by atoms with Crippen molar-refractivity contribution in [1.29, 1.82) is 0 Å². The Hall–Kier alpha value is -0.160. The van der Waals surface area contributed by atoms with E-state index in [1.807, 2.05) is 0 Å². The lowest BCUT2D eigenvalue weighted by atomic mass is 10.2. The number of nitrogens with zero attached hydrogens (tertiary/aromatic N) is 3. The molecule has 166 valence electrons. The molecule has 2 aliphatic rings. The van der Waals surface area contributed by atoms with Gasteiger partial charge in [0.2, 0.25) is 0 Å². The van der Waals surface area contributed by atoms with Gasteiger partial charge >= 0.3 is 0 Å². The molecule has 0 bridgehead atoms. The second kappa shape index (κ2) is 14.8. The monoisotopic (exact) mass is 511 g/mol. The Morgan fingerprint density at radius 3 is 2.71 bits per heavy atom. The third-order valence-corrected chi connectivity index (χ3v) is 4.98. The fourth-order valence-corrected chi connectivity index (χ4v) is 3.55. The summed E-state index contributed by atoms with van der Waals surface area (Å²) in [5, 5.41) is 6.83. The highest BCUT2D eigenvalue weighted by atomic mass is 127. The predicted molar refractivity (Wildman–Crippen MR) is 127 cm³/mol. The molecule has 2 N–H and O–H groups in total. The summed E-state index contributed by atoms with van der Waals surface area (Å²) in [6.07, 6.45) is 2.84. The van der Waals surface area contributed by atoms with Crippen LogP contribution in [0.25, 0.3) is 0 Å². The number of rotatable bonds is 12. The molecule has 0 spiro atoms. The van der Waals surface area contributed by atoms with Gasteiger partial charge in [-0.2, -0.15) is 0 Å². The van der Waals surface area contributed by atoms with Crippen LogP contribution in [0, 0.1) is 5.92 Å². The summed E-state index contributed by atoms with van der Waals surface area (Å²) < 4.78 is 11.2. The van der Waals surface area contributed by atoms with Crippen LogP contribution in [-0.2, 0) is 9.47 Å². The Labute approximate surface area is 189 Å². The van der Waals surface area contributed by atoms with Gasteiger partial charge in [0, 0.05) is 59.0 Å². The van der Waals surface area contributed by atoms with Crippen molar-refractivity contribution in [2.75, 3.05) is 72.7 Å². The van der Waals surface area contributed by atoms with Crippen molar-refractivity contribution in [3.05, 3.63) is 0 Å². The molecule has 0 aromatic rings. The molecule has 0 radical (unpaired) electrons. The van der Waals surface area contributed by atoms with Crippen LogP contribution in [0.4, 0.5) is 0 Å². The van der Waals surface area contributed by atoms with Gasteiger partial charge in [-0.15, -0.1) is 24.0 Å². The summed E-state index contributed by atoms with van der Waals surface area (Å²) in [6.45, 7) is 15.9. The van der Waals surface area contributed by atoms with Crippen LogP contribution in [0.5, 0.6) is 0 Å². The first-order valence-electron chi connectivity index (χ1n) is 10.7. The molecule has 0 aromatic carbocycles. The highest BCUT2D eigenvalue weighted by Gasteiger charge is 2.28. The van der Waals surface area contributed by atoms with E-state index in [2.05, 4.69) is 41.2 Å². The van der Waals surface area contributed by atoms with E-state index in [9.17, 15) is 0 Å². The number of halogens is 1. The standard InChI is InChI=1S/C20H41N5O2.HI/c1-5-21-20(22-8-9-25(11-12-26-4)18-6-7-18)23-14-19-16-24(10-13-27-19)15-17(2)3;/h17-19H,5-16H2,1-4H3,(H2,21,22,23);1H. The van der Waals surface area contributed by atoms with E-state index in [-0.39, 0.29) is 30.1 Å². The van der Waals surface area contributed by atoms with Crippen LogP contribution in [0.3, 0.4) is 0 Å². The number of morpholine rings is 1. The number of nitrogens with one attached hydrogen (secondary N) is 2. The summed E-state index contributed by atoms with van der Waals surface area (Å²) in [6, 6.07) is 0.754. The zero-order valence-electron chi connectivity index (χ0n) is 18.3. The fourth-order valence-electron chi connectivity index (χ4n) is 3.55. The Morgan fingerprint density at radius 2 is 2.07 bits per heavy atom. The summed E-state index contributed by atoms with van der Waals surface area (Å²) in [4.78, 5) is 9.79. The number of hydrogen-bond acceptors (Lipinski definition) is 5. The molecule has 1 atom stereocenters. The molecule has 1 unspecified atom stereocenters. The van der Waals surface area contributed by atoms with Gasteiger partial charge in [0.15, 0.2) is 5.96 Å². The van der Waals surface area contributed by atoms with Crippen LogP contribution in [0.15, 0.2) is 4.99 Å². The van der Waals surface area contributed by atoms with Gasteiger partial charge in [-0.3, -0.25) is 14.8 Å². The minimum Gasteiger partial charge on any atom is -0.383 e. The van der Waals surface area contributed by atoms with E-state index in [0.717, 1.165) is 71.0 Å². The molecule has 2 fully saturated rings. The van der Waals surface area contributed by atoms with Gasteiger partial charge in [-0.05, 0) is 25.7 Å². The lowest BCUT2D eigenvalue weighted by molar-refractivity contribution is -0.0261. The molecule has 2 rings (SSSR count). The van der Waals surface area contributed by atoms with E-state index in [1.165, 1.54) is 12.8 Å². The third kappa shape index (κ3) is 10.6. The second-order valence-corrected chi connectivity index (χ2v) is 8.05. The van der Waals surface area contributed by atoms with Crippen molar-refractivity contribution < 1.29 is 9.47 Å². The average Bonchev–Trinajstić information content (AvgIpc) is 3.47.